The first-order valence-electron chi connectivity index (χ1n) is 3.43. The van der Waals surface area contributed by atoms with Crippen molar-refractivity contribution in [2.75, 3.05) is 0 Å². The molecule has 58 valence electrons. The van der Waals surface area contributed by atoms with Crippen LogP contribution in [0.5, 0.6) is 0 Å². The molecule has 1 rings (SSSR count). The van der Waals surface area contributed by atoms with Crippen molar-refractivity contribution in [1.29, 1.82) is 0 Å². The van der Waals surface area contributed by atoms with E-state index >= 15 is 0 Å². The maximum atomic E-state index is 10.2. The van der Waals surface area contributed by atoms with Crippen molar-refractivity contribution in [3.63, 3.8) is 0 Å². The number of pyridine rings is 1. The number of carbonyl (C=O) groups is 1. The zero-order valence-electron chi connectivity index (χ0n) is 6.10. The Balaban J connectivity index is 2.57. The number of nitrogens with two attached hydrogens (primary N) is 1. The highest BCUT2D eigenvalue weighted by atomic mass is 16.1. The molecule has 0 aliphatic rings. The molecule has 0 unspecified atom stereocenters. The minimum Gasteiger partial charge on any atom is -0.321 e. The van der Waals surface area contributed by atoms with Crippen molar-refractivity contribution in [2.45, 2.75) is 12.5 Å². The number of carbonyl (C=O) groups excluding carboxylic acids is 1. The molecule has 0 radical (unpaired) electrons. The van der Waals surface area contributed by atoms with E-state index < -0.39 is 6.04 Å². The van der Waals surface area contributed by atoms with E-state index in [-0.39, 0.29) is 0 Å². The normalized spacial score (nSPS) is 12.5. The first kappa shape index (κ1) is 7.88. The Kier molecular flexibility index (Phi) is 2.74. The highest BCUT2D eigenvalue weighted by Gasteiger charge is 2.00. The second-order valence-electron chi connectivity index (χ2n) is 2.33. The minimum atomic E-state index is -0.426. The number of hydrogen-bond donors (Lipinski definition) is 1. The van der Waals surface area contributed by atoms with E-state index in [1.165, 1.54) is 0 Å². The zero-order chi connectivity index (χ0) is 8.10. The molecule has 0 aromatic carbocycles. The molecule has 3 nitrogen and oxygen atoms in total. The zero-order valence-corrected chi connectivity index (χ0v) is 6.10. The van der Waals surface area contributed by atoms with Gasteiger partial charge in [-0.2, -0.15) is 0 Å². The third-order valence-corrected chi connectivity index (χ3v) is 1.35. The molecular weight excluding hydrogens is 140 g/mol. The fourth-order valence-electron chi connectivity index (χ4n) is 0.808. The highest BCUT2D eigenvalue weighted by Crippen LogP contribution is 1.95. The lowest BCUT2D eigenvalue weighted by molar-refractivity contribution is -0.108. The summed E-state index contributed by atoms with van der Waals surface area (Å²) >= 11 is 0. The van der Waals surface area contributed by atoms with Crippen molar-refractivity contribution in [1.82, 2.24) is 4.98 Å². The van der Waals surface area contributed by atoms with Crippen LogP contribution in [0.1, 0.15) is 5.69 Å². The fourth-order valence-corrected chi connectivity index (χ4v) is 0.808. The summed E-state index contributed by atoms with van der Waals surface area (Å²) in [6, 6.07) is 5.13. The average Bonchev–Trinajstić information content (AvgIpc) is 2.06. The third-order valence-electron chi connectivity index (χ3n) is 1.35. The van der Waals surface area contributed by atoms with Gasteiger partial charge in [0.05, 0.1) is 6.04 Å². The average molecular weight is 150 g/mol. The van der Waals surface area contributed by atoms with Gasteiger partial charge in [-0.1, -0.05) is 6.07 Å². The first-order valence-corrected chi connectivity index (χ1v) is 3.43. The molecule has 0 saturated heterocycles. The van der Waals surface area contributed by atoms with Crippen LogP contribution in [0, 0.1) is 0 Å². The lowest BCUT2D eigenvalue weighted by Crippen LogP contribution is -2.24. The number of rotatable bonds is 3. The predicted molar refractivity (Wildman–Crippen MR) is 42.0 cm³/mol. The van der Waals surface area contributed by atoms with Crippen LogP contribution in [0.25, 0.3) is 0 Å². The quantitative estimate of drug-likeness (QED) is 0.624. The highest BCUT2D eigenvalue weighted by molar-refractivity contribution is 5.57. The molecular formula is C8H10N2O. The maximum absolute atomic E-state index is 10.2. The van der Waals surface area contributed by atoms with Crippen molar-refractivity contribution in [2.24, 2.45) is 5.73 Å². The molecule has 11 heavy (non-hydrogen) atoms. The summed E-state index contributed by atoms with van der Waals surface area (Å²) in [4.78, 5) is 14.2. The molecule has 1 atom stereocenters. The third kappa shape index (κ3) is 2.47. The van der Waals surface area contributed by atoms with E-state index in [0.717, 1.165) is 12.0 Å². The van der Waals surface area contributed by atoms with Gasteiger partial charge in [0.2, 0.25) is 0 Å². The summed E-state index contributed by atoms with van der Waals surface area (Å²) in [6.07, 6.45) is 2.94. The van der Waals surface area contributed by atoms with Gasteiger partial charge in [0.1, 0.15) is 6.29 Å². The molecule has 0 amide bonds. The van der Waals surface area contributed by atoms with E-state index in [2.05, 4.69) is 4.98 Å². The van der Waals surface area contributed by atoms with Gasteiger partial charge in [-0.3, -0.25) is 4.98 Å². The van der Waals surface area contributed by atoms with E-state index in [0.29, 0.717) is 6.42 Å². The topological polar surface area (TPSA) is 56.0 Å². The monoisotopic (exact) mass is 150 g/mol. The van der Waals surface area contributed by atoms with Crippen molar-refractivity contribution in [3.05, 3.63) is 30.1 Å². The molecule has 2 N–H and O–H groups in total. The van der Waals surface area contributed by atoms with Gasteiger partial charge in [0, 0.05) is 18.3 Å². The summed E-state index contributed by atoms with van der Waals surface area (Å²) in [5.74, 6) is 0. The number of aldehydes is 1. The standard InChI is InChI=1S/C8H10N2O/c9-7(6-11)5-8-3-1-2-4-10-8/h1-4,6-7H,5,9H2/t7-/m0/s1. The molecule has 1 aromatic heterocycles. The molecule has 0 bridgehead atoms. The van der Waals surface area contributed by atoms with E-state index in [4.69, 9.17) is 5.73 Å². The Hall–Kier alpha value is -1.22. The van der Waals surface area contributed by atoms with Crippen LogP contribution in [-0.4, -0.2) is 17.3 Å². The summed E-state index contributed by atoms with van der Waals surface area (Å²) in [5, 5.41) is 0. The van der Waals surface area contributed by atoms with Crippen LogP contribution in [0.3, 0.4) is 0 Å². The van der Waals surface area contributed by atoms with Gasteiger partial charge in [-0.05, 0) is 12.1 Å². The maximum Gasteiger partial charge on any atom is 0.137 e. The van der Waals surface area contributed by atoms with Crippen molar-refractivity contribution >= 4 is 6.29 Å². The molecule has 0 aliphatic heterocycles. The molecule has 0 spiro atoms. The molecule has 1 aromatic rings. The SMILES string of the molecule is N[C@H](C=O)Cc1ccccn1. The molecule has 0 saturated carbocycles. The fraction of sp³-hybridized carbons (Fsp3) is 0.250. The molecule has 0 aliphatic carbocycles. The lowest BCUT2D eigenvalue weighted by atomic mass is 10.2. The van der Waals surface area contributed by atoms with Crippen LogP contribution in [0.15, 0.2) is 24.4 Å². The van der Waals surface area contributed by atoms with Crippen LogP contribution < -0.4 is 5.73 Å². The molecule has 1 heterocycles. The van der Waals surface area contributed by atoms with Crippen molar-refractivity contribution < 1.29 is 4.79 Å². The van der Waals surface area contributed by atoms with E-state index in [1.807, 2.05) is 18.2 Å². The van der Waals surface area contributed by atoms with Gasteiger partial charge in [-0.25, -0.2) is 0 Å². The summed E-state index contributed by atoms with van der Waals surface area (Å²) < 4.78 is 0. The van der Waals surface area contributed by atoms with Gasteiger partial charge >= 0.3 is 0 Å². The number of nitrogens with zero attached hydrogens (tertiary/aromatic N) is 1. The number of aromatic nitrogens is 1. The van der Waals surface area contributed by atoms with Gasteiger partial charge in [0.25, 0.3) is 0 Å². The first-order chi connectivity index (χ1) is 5.33. The lowest BCUT2D eigenvalue weighted by Gasteiger charge is -2.00. The molecule has 3 heteroatoms. The summed E-state index contributed by atoms with van der Waals surface area (Å²) in [5.41, 5.74) is 6.25. The van der Waals surface area contributed by atoms with Crippen LogP contribution in [-0.2, 0) is 11.2 Å². The Morgan fingerprint density at radius 2 is 2.45 bits per heavy atom. The Morgan fingerprint density at radius 3 is 3.00 bits per heavy atom. The Morgan fingerprint density at radius 1 is 1.64 bits per heavy atom. The van der Waals surface area contributed by atoms with Crippen LogP contribution in [0.4, 0.5) is 0 Å². The van der Waals surface area contributed by atoms with Gasteiger partial charge in [-0.15, -0.1) is 0 Å². The Labute approximate surface area is 65.2 Å². The van der Waals surface area contributed by atoms with Gasteiger partial charge in [0.15, 0.2) is 0 Å². The van der Waals surface area contributed by atoms with Crippen LogP contribution in [0.2, 0.25) is 0 Å². The second kappa shape index (κ2) is 3.83. The van der Waals surface area contributed by atoms with E-state index in [1.54, 1.807) is 6.20 Å². The minimum absolute atomic E-state index is 0.426. The van der Waals surface area contributed by atoms with Gasteiger partial charge < -0.3 is 10.5 Å². The summed E-state index contributed by atoms with van der Waals surface area (Å²) in [6.45, 7) is 0. The Bertz CT molecular complexity index is 223. The van der Waals surface area contributed by atoms with Crippen molar-refractivity contribution in [3.8, 4) is 0 Å². The summed E-state index contributed by atoms with van der Waals surface area (Å²) in [7, 11) is 0. The van der Waals surface area contributed by atoms with Crippen LogP contribution >= 0.6 is 0 Å². The predicted octanol–water partition coefficient (Wildman–Crippen LogP) is 0.150. The number of hydrogen-bond acceptors (Lipinski definition) is 3. The smallest absolute Gasteiger partial charge is 0.137 e. The van der Waals surface area contributed by atoms with E-state index in [9.17, 15) is 4.79 Å². The largest absolute Gasteiger partial charge is 0.321 e. The second-order valence-corrected chi connectivity index (χ2v) is 2.33. The molecule has 0 fully saturated rings.